The van der Waals surface area contributed by atoms with Gasteiger partial charge >= 0.3 is 5.97 Å². The Labute approximate surface area is 132 Å². The van der Waals surface area contributed by atoms with Gasteiger partial charge in [0.15, 0.2) is 6.29 Å². The SMILES string of the molecule is CCCCCC1CCC(C2OCC(C#N)(C(=O)O)CO2)CC1. The van der Waals surface area contributed by atoms with E-state index in [4.69, 9.17) is 19.8 Å². The monoisotopic (exact) mass is 309 g/mol. The van der Waals surface area contributed by atoms with Gasteiger partial charge in [0, 0.05) is 5.92 Å². The Kier molecular flexibility index (Phi) is 6.22. The first-order valence-electron chi connectivity index (χ1n) is 8.49. The molecule has 124 valence electrons. The van der Waals surface area contributed by atoms with E-state index in [0.717, 1.165) is 18.8 Å². The second-order valence-corrected chi connectivity index (χ2v) is 6.77. The quantitative estimate of drug-likeness (QED) is 0.761. The van der Waals surface area contributed by atoms with Crippen molar-refractivity contribution < 1.29 is 19.4 Å². The van der Waals surface area contributed by atoms with E-state index < -0.39 is 11.4 Å². The highest BCUT2D eigenvalue weighted by molar-refractivity contribution is 5.78. The number of nitrogens with zero attached hydrogens (tertiary/aromatic N) is 1. The second-order valence-electron chi connectivity index (χ2n) is 6.77. The van der Waals surface area contributed by atoms with Crippen molar-refractivity contribution in [1.82, 2.24) is 0 Å². The molecule has 0 aromatic carbocycles. The molecule has 0 amide bonds. The zero-order valence-corrected chi connectivity index (χ0v) is 13.4. The normalized spacial score (nSPS) is 35.7. The van der Waals surface area contributed by atoms with Gasteiger partial charge < -0.3 is 14.6 Å². The summed E-state index contributed by atoms with van der Waals surface area (Å²) >= 11 is 0. The predicted molar refractivity (Wildman–Crippen MR) is 81.0 cm³/mol. The molecule has 1 heterocycles. The van der Waals surface area contributed by atoms with E-state index >= 15 is 0 Å². The molecule has 2 rings (SSSR count). The van der Waals surface area contributed by atoms with Crippen LogP contribution in [0.5, 0.6) is 0 Å². The summed E-state index contributed by atoms with van der Waals surface area (Å²) in [6.07, 6.45) is 9.47. The average molecular weight is 309 g/mol. The van der Waals surface area contributed by atoms with Crippen LogP contribution in [0.4, 0.5) is 0 Å². The molecule has 22 heavy (non-hydrogen) atoms. The van der Waals surface area contributed by atoms with Gasteiger partial charge in [0.25, 0.3) is 0 Å². The first kappa shape index (κ1) is 17.2. The minimum absolute atomic E-state index is 0.0695. The van der Waals surface area contributed by atoms with Crippen LogP contribution in [-0.2, 0) is 14.3 Å². The number of aliphatic carboxylic acids is 1. The highest BCUT2D eigenvalue weighted by Gasteiger charge is 2.46. The summed E-state index contributed by atoms with van der Waals surface area (Å²) in [6.45, 7) is 2.09. The largest absolute Gasteiger partial charge is 0.480 e. The molecule has 0 aromatic heterocycles. The Bertz CT molecular complexity index is 401. The van der Waals surface area contributed by atoms with Gasteiger partial charge in [0.05, 0.1) is 19.3 Å². The van der Waals surface area contributed by atoms with Crippen LogP contribution < -0.4 is 0 Å². The molecule has 2 aliphatic rings. The number of nitriles is 1. The van der Waals surface area contributed by atoms with Crippen molar-refractivity contribution in [2.24, 2.45) is 17.3 Å². The second kappa shape index (κ2) is 7.94. The molecule has 0 spiro atoms. The van der Waals surface area contributed by atoms with Gasteiger partial charge in [0.2, 0.25) is 5.41 Å². The van der Waals surface area contributed by atoms with Crippen LogP contribution in [0.25, 0.3) is 0 Å². The molecule has 2 fully saturated rings. The number of carbonyl (C=O) groups is 1. The maximum Gasteiger partial charge on any atom is 0.328 e. The first-order valence-corrected chi connectivity index (χ1v) is 8.49. The van der Waals surface area contributed by atoms with E-state index in [1.807, 2.05) is 6.07 Å². The van der Waals surface area contributed by atoms with Crippen molar-refractivity contribution in [2.45, 2.75) is 64.6 Å². The van der Waals surface area contributed by atoms with Crippen LogP contribution in [-0.4, -0.2) is 30.6 Å². The lowest BCUT2D eigenvalue weighted by Gasteiger charge is -2.38. The number of ether oxygens (including phenoxy) is 2. The topological polar surface area (TPSA) is 79.5 Å². The van der Waals surface area contributed by atoms with E-state index in [1.54, 1.807) is 0 Å². The fourth-order valence-electron chi connectivity index (χ4n) is 3.48. The van der Waals surface area contributed by atoms with Crippen LogP contribution in [0, 0.1) is 28.6 Å². The number of hydrogen-bond donors (Lipinski definition) is 1. The molecule has 1 aliphatic carbocycles. The van der Waals surface area contributed by atoms with Gasteiger partial charge in [-0.2, -0.15) is 5.26 Å². The summed E-state index contributed by atoms with van der Waals surface area (Å²) in [4.78, 5) is 11.2. The summed E-state index contributed by atoms with van der Waals surface area (Å²) < 4.78 is 11.2. The summed E-state index contributed by atoms with van der Waals surface area (Å²) in [6, 6.07) is 1.83. The third-order valence-electron chi connectivity index (χ3n) is 5.10. The van der Waals surface area contributed by atoms with Crippen molar-refractivity contribution in [3.05, 3.63) is 0 Å². The maximum atomic E-state index is 11.2. The van der Waals surface area contributed by atoms with E-state index in [0.29, 0.717) is 5.92 Å². The number of unbranched alkanes of at least 4 members (excludes halogenated alkanes) is 2. The van der Waals surface area contributed by atoms with Crippen molar-refractivity contribution in [2.75, 3.05) is 13.2 Å². The Morgan fingerprint density at radius 1 is 1.23 bits per heavy atom. The lowest BCUT2D eigenvalue weighted by atomic mass is 9.79. The molecule has 1 saturated carbocycles. The summed E-state index contributed by atoms with van der Waals surface area (Å²) in [5.74, 6) is 0.00426. The van der Waals surface area contributed by atoms with E-state index in [2.05, 4.69) is 6.92 Å². The standard InChI is InChI=1S/C17H27NO4/c1-2-3-4-5-13-6-8-14(9-7-13)15-21-11-17(10-18,12-22-15)16(19)20/h13-15H,2-9,11-12H2,1H3,(H,19,20). The molecule has 0 bridgehead atoms. The van der Waals surface area contributed by atoms with Crippen LogP contribution in [0.15, 0.2) is 0 Å². The van der Waals surface area contributed by atoms with Crippen LogP contribution in [0.1, 0.15) is 58.3 Å². The molecule has 5 heteroatoms. The molecular formula is C17H27NO4. The van der Waals surface area contributed by atoms with Crippen LogP contribution in [0.2, 0.25) is 0 Å². The molecule has 0 atom stereocenters. The summed E-state index contributed by atoms with van der Waals surface area (Å²) in [5, 5.41) is 18.2. The first-order chi connectivity index (χ1) is 10.6. The highest BCUT2D eigenvalue weighted by Crippen LogP contribution is 2.37. The molecule has 0 aromatic rings. The van der Waals surface area contributed by atoms with Gasteiger partial charge in [-0.15, -0.1) is 0 Å². The number of carboxylic acids is 1. The van der Waals surface area contributed by atoms with Gasteiger partial charge in [-0.3, -0.25) is 4.79 Å². The Morgan fingerprint density at radius 3 is 2.36 bits per heavy atom. The van der Waals surface area contributed by atoms with Gasteiger partial charge in [-0.1, -0.05) is 32.6 Å². The molecule has 1 N–H and O–H groups in total. The van der Waals surface area contributed by atoms with Crippen molar-refractivity contribution >= 4 is 5.97 Å². The van der Waals surface area contributed by atoms with Gasteiger partial charge in [0.1, 0.15) is 0 Å². The number of rotatable bonds is 6. The predicted octanol–water partition coefficient (Wildman–Crippen LogP) is 3.34. The smallest absolute Gasteiger partial charge is 0.328 e. The van der Waals surface area contributed by atoms with Crippen LogP contribution in [0.3, 0.4) is 0 Å². The maximum absolute atomic E-state index is 11.2. The lowest BCUT2D eigenvalue weighted by molar-refractivity contribution is -0.244. The Morgan fingerprint density at radius 2 is 1.86 bits per heavy atom. The zero-order chi connectivity index (χ0) is 16.0. The lowest BCUT2D eigenvalue weighted by Crippen LogP contribution is -2.48. The fourth-order valence-corrected chi connectivity index (χ4v) is 3.48. The van der Waals surface area contributed by atoms with E-state index in [-0.39, 0.29) is 19.5 Å². The molecule has 1 saturated heterocycles. The van der Waals surface area contributed by atoms with Crippen molar-refractivity contribution in [3.8, 4) is 6.07 Å². The number of hydrogen-bond acceptors (Lipinski definition) is 4. The van der Waals surface area contributed by atoms with E-state index in [1.165, 1.54) is 38.5 Å². The third kappa shape index (κ3) is 3.99. The fraction of sp³-hybridized carbons (Fsp3) is 0.882. The van der Waals surface area contributed by atoms with Gasteiger partial charge in [-0.05, 0) is 31.6 Å². The third-order valence-corrected chi connectivity index (χ3v) is 5.10. The van der Waals surface area contributed by atoms with Gasteiger partial charge in [-0.25, -0.2) is 0 Å². The minimum atomic E-state index is -1.53. The molecular weight excluding hydrogens is 282 g/mol. The zero-order valence-electron chi connectivity index (χ0n) is 13.4. The Hall–Kier alpha value is -1.12. The highest BCUT2D eigenvalue weighted by atomic mass is 16.7. The van der Waals surface area contributed by atoms with Crippen LogP contribution >= 0.6 is 0 Å². The number of carboxylic acid groups (broad SMARTS) is 1. The van der Waals surface area contributed by atoms with E-state index in [9.17, 15) is 4.79 Å². The Balaban J connectivity index is 1.75. The molecule has 1 aliphatic heterocycles. The molecule has 0 radical (unpaired) electrons. The summed E-state index contributed by atoms with van der Waals surface area (Å²) in [7, 11) is 0. The molecule has 0 unspecified atom stereocenters. The van der Waals surface area contributed by atoms with Crippen molar-refractivity contribution in [3.63, 3.8) is 0 Å². The average Bonchev–Trinajstić information content (AvgIpc) is 2.56. The summed E-state index contributed by atoms with van der Waals surface area (Å²) in [5.41, 5.74) is -1.53. The molecule has 5 nitrogen and oxygen atoms in total. The van der Waals surface area contributed by atoms with Crippen molar-refractivity contribution in [1.29, 1.82) is 5.26 Å². The minimum Gasteiger partial charge on any atom is -0.480 e.